The average Bonchev–Trinajstić information content (AvgIpc) is 2.63. The minimum atomic E-state index is 0. The van der Waals surface area contributed by atoms with Crippen molar-refractivity contribution in [2.75, 3.05) is 6.54 Å². The molecule has 94 valence electrons. The molecule has 1 heterocycles. The summed E-state index contributed by atoms with van der Waals surface area (Å²) in [4.78, 5) is 1.56. The minimum absolute atomic E-state index is 0. The van der Waals surface area contributed by atoms with Gasteiger partial charge in [0.1, 0.15) is 5.70 Å². The molecule has 0 amide bonds. The van der Waals surface area contributed by atoms with Gasteiger partial charge in [-0.15, -0.1) is 0 Å². The molecule has 0 fully saturated rings. The highest BCUT2D eigenvalue weighted by Crippen LogP contribution is 2.06. The molecule has 0 aromatic carbocycles. The summed E-state index contributed by atoms with van der Waals surface area (Å²) in [6.45, 7) is 5.78. The van der Waals surface area contributed by atoms with Gasteiger partial charge < -0.3 is 4.70 Å². The lowest BCUT2D eigenvalue weighted by Crippen LogP contribution is -3.04. The first-order chi connectivity index (χ1) is 7.34. The minimum Gasteiger partial charge on any atom is -1.00 e. The standard InChI is InChI=1S/C14H25N.FH/c1-3-4-5-6-7-8-9-12-15-13-10-11-14(15)2;/h10-11,13H,3-9,12H2,1-2H3;1H. The summed E-state index contributed by atoms with van der Waals surface area (Å²) in [6, 6.07) is 0. The van der Waals surface area contributed by atoms with Gasteiger partial charge in [0.15, 0.2) is 0 Å². The summed E-state index contributed by atoms with van der Waals surface area (Å²) in [5.41, 5.74) is 1.47. The molecule has 0 bridgehead atoms. The molecule has 0 spiro atoms. The molecule has 1 atom stereocenters. The predicted molar refractivity (Wildman–Crippen MR) is 66.7 cm³/mol. The van der Waals surface area contributed by atoms with Gasteiger partial charge in [-0.3, -0.25) is 4.90 Å². The van der Waals surface area contributed by atoms with E-state index in [2.05, 4.69) is 32.2 Å². The molecule has 0 saturated carbocycles. The van der Waals surface area contributed by atoms with E-state index in [9.17, 15) is 0 Å². The number of quaternary nitrogens is 1. The van der Waals surface area contributed by atoms with Crippen molar-refractivity contribution >= 4 is 0 Å². The molecule has 1 aliphatic heterocycles. The van der Waals surface area contributed by atoms with Crippen LogP contribution in [0.4, 0.5) is 0 Å². The van der Waals surface area contributed by atoms with Crippen molar-refractivity contribution in [1.29, 1.82) is 0 Å². The second-order valence-electron chi connectivity index (χ2n) is 4.61. The van der Waals surface area contributed by atoms with Crippen LogP contribution in [0.5, 0.6) is 0 Å². The fourth-order valence-corrected chi connectivity index (χ4v) is 2.10. The van der Waals surface area contributed by atoms with Crippen LogP contribution < -0.4 is 9.60 Å². The molecule has 0 radical (unpaired) electrons. The Balaban J connectivity index is 0.00000225. The molecule has 1 unspecified atom stereocenters. The smallest absolute Gasteiger partial charge is 0.109 e. The fourth-order valence-electron chi connectivity index (χ4n) is 2.10. The van der Waals surface area contributed by atoms with Crippen LogP contribution in [0.1, 0.15) is 58.8 Å². The van der Waals surface area contributed by atoms with Crippen molar-refractivity contribution in [2.45, 2.75) is 58.8 Å². The lowest BCUT2D eigenvalue weighted by atomic mass is 10.1. The second-order valence-corrected chi connectivity index (χ2v) is 4.61. The van der Waals surface area contributed by atoms with Crippen molar-refractivity contribution < 1.29 is 9.60 Å². The first kappa shape index (κ1) is 15.4. The van der Waals surface area contributed by atoms with E-state index in [4.69, 9.17) is 0 Å². The highest BCUT2D eigenvalue weighted by atomic mass is 19.0. The highest BCUT2D eigenvalue weighted by Gasteiger charge is 2.10. The van der Waals surface area contributed by atoms with Gasteiger partial charge in [-0.2, -0.15) is 0 Å². The number of nitrogens with one attached hydrogen (secondary N) is 1. The molecule has 2 heteroatoms. The number of rotatable bonds is 8. The third-order valence-corrected chi connectivity index (χ3v) is 3.20. The normalized spacial score (nSPS) is 18.4. The van der Waals surface area contributed by atoms with Crippen LogP contribution in [-0.2, 0) is 0 Å². The monoisotopic (exact) mass is 227 g/mol. The Hall–Kier alpha value is -0.630. The Labute approximate surface area is 99.6 Å². The predicted octanol–water partition coefficient (Wildman–Crippen LogP) is 0.0570. The summed E-state index contributed by atoms with van der Waals surface area (Å²) < 4.78 is 0. The van der Waals surface area contributed by atoms with E-state index < -0.39 is 0 Å². The number of allylic oxidation sites excluding steroid dienone is 3. The SMILES string of the molecule is CCCCCCCCC[NH+]1C=CC=C1C.[F-]. The van der Waals surface area contributed by atoms with E-state index in [1.807, 2.05) is 0 Å². The highest BCUT2D eigenvalue weighted by molar-refractivity contribution is 5.08. The van der Waals surface area contributed by atoms with E-state index in [1.165, 1.54) is 57.2 Å². The molecule has 0 aliphatic carbocycles. The first-order valence-corrected chi connectivity index (χ1v) is 6.55. The molecule has 0 aromatic heterocycles. The fraction of sp³-hybridized carbons (Fsp3) is 0.714. The van der Waals surface area contributed by atoms with Crippen molar-refractivity contribution in [2.24, 2.45) is 0 Å². The van der Waals surface area contributed by atoms with Gasteiger partial charge in [0, 0.05) is 6.92 Å². The zero-order valence-electron chi connectivity index (χ0n) is 10.8. The molecular formula is C14H26FN. The third-order valence-electron chi connectivity index (χ3n) is 3.20. The Morgan fingerprint density at radius 3 is 2.19 bits per heavy atom. The number of halogens is 1. The zero-order valence-corrected chi connectivity index (χ0v) is 10.8. The van der Waals surface area contributed by atoms with Crippen molar-refractivity contribution in [3.63, 3.8) is 0 Å². The van der Waals surface area contributed by atoms with Crippen LogP contribution in [0.3, 0.4) is 0 Å². The quantitative estimate of drug-likeness (QED) is 0.559. The molecule has 1 aliphatic rings. The molecule has 16 heavy (non-hydrogen) atoms. The lowest BCUT2D eigenvalue weighted by Gasteiger charge is -2.10. The van der Waals surface area contributed by atoms with Crippen LogP contribution in [0.25, 0.3) is 0 Å². The molecule has 1 nitrogen and oxygen atoms in total. The van der Waals surface area contributed by atoms with Crippen LogP contribution >= 0.6 is 0 Å². The first-order valence-electron chi connectivity index (χ1n) is 6.55. The van der Waals surface area contributed by atoms with E-state index >= 15 is 0 Å². The summed E-state index contributed by atoms with van der Waals surface area (Å²) in [7, 11) is 0. The van der Waals surface area contributed by atoms with Gasteiger partial charge in [0.25, 0.3) is 0 Å². The van der Waals surface area contributed by atoms with Gasteiger partial charge in [-0.1, -0.05) is 39.0 Å². The van der Waals surface area contributed by atoms with E-state index in [1.54, 1.807) is 4.90 Å². The molecule has 0 saturated heterocycles. The number of hydrogen-bond acceptors (Lipinski definition) is 0. The average molecular weight is 227 g/mol. The maximum Gasteiger partial charge on any atom is 0.109 e. The van der Waals surface area contributed by atoms with Gasteiger partial charge in [-0.05, 0) is 25.0 Å². The maximum absolute atomic E-state index is 2.28. The van der Waals surface area contributed by atoms with Gasteiger partial charge >= 0.3 is 0 Å². The third kappa shape index (κ3) is 6.06. The lowest BCUT2D eigenvalue weighted by molar-refractivity contribution is -0.802. The molecule has 1 rings (SSSR count). The largest absolute Gasteiger partial charge is 1.00 e. The number of unbranched alkanes of at least 4 members (excludes halogenated alkanes) is 6. The van der Waals surface area contributed by atoms with Crippen LogP contribution in [-0.4, -0.2) is 6.54 Å². The topological polar surface area (TPSA) is 4.44 Å². The molecular weight excluding hydrogens is 201 g/mol. The summed E-state index contributed by atoms with van der Waals surface area (Å²) in [6.07, 6.45) is 16.5. The van der Waals surface area contributed by atoms with Crippen molar-refractivity contribution in [3.05, 3.63) is 24.0 Å². The summed E-state index contributed by atoms with van der Waals surface area (Å²) in [5.74, 6) is 0. The maximum atomic E-state index is 2.28. The van der Waals surface area contributed by atoms with Crippen LogP contribution in [0, 0.1) is 0 Å². The van der Waals surface area contributed by atoms with Gasteiger partial charge in [0.2, 0.25) is 0 Å². The Bertz CT molecular complexity index is 221. The van der Waals surface area contributed by atoms with Gasteiger partial charge in [-0.25, -0.2) is 0 Å². The Morgan fingerprint density at radius 1 is 1.00 bits per heavy atom. The Morgan fingerprint density at radius 2 is 1.62 bits per heavy atom. The zero-order chi connectivity index (χ0) is 10.9. The van der Waals surface area contributed by atoms with Crippen molar-refractivity contribution in [3.8, 4) is 0 Å². The van der Waals surface area contributed by atoms with E-state index in [-0.39, 0.29) is 4.70 Å². The molecule has 0 aromatic rings. The molecule has 1 N–H and O–H groups in total. The van der Waals surface area contributed by atoms with E-state index in [0.717, 1.165) is 0 Å². The number of hydrogen-bond donors (Lipinski definition) is 1. The van der Waals surface area contributed by atoms with Gasteiger partial charge in [0.05, 0.1) is 12.7 Å². The summed E-state index contributed by atoms with van der Waals surface area (Å²) in [5, 5.41) is 0. The Kier molecular flexibility index (Phi) is 9.21. The van der Waals surface area contributed by atoms with E-state index in [0.29, 0.717) is 0 Å². The summed E-state index contributed by atoms with van der Waals surface area (Å²) >= 11 is 0. The van der Waals surface area contributed by atoms with Crippen molar-refractivity contribution in [1.82, 2.24) is 0 Å². The van der Waals surface area contributed by atoms with Crippen LogP contribution in [0.15, 0.2) is 24.0 Å². The second kappa shape index (κ2) is 9.59. The van der Waals surface area contributed by atoms with Crippen LogP contribution in [0.2, 0.25) is 0 Å².